The van der Waals surface area contributed by atoms with Gasteiger partial charge in [-0.05, 0) is 61.7 Å². The molecule has 12 heteroatoms. The first-order chi connectivity index (χ1) is 20.2. The molecule has 0 radical (unpaired) electrons. The van der Waals surface area contributed by atoms with Crippen molar-refractivity contribution >= 4 is 44.3 Å². The number of halogens is 1. The number of hydrogen-bond acceptors (Lipinski definition) is 8. The van der Waals surface area contributed by atoms with Crippen LogP contribution in [-0.2, 0) is 10.0 Å². The van der Waals surface area contributed by atoms with Crippen LogP contribution in [0.25, 0.3) is 27.7 Å². The van der Waals surface area contributed by atoms with Crippen molar-refractivity contribution in [3.63, 3.8) is 0 Å². The van der Waals surface area contributed by atoms with E-state index in [2.05, 4.69) is 15.3 Å². The highest BCUT2D eigenvalue weighted by Crippen LogP contribution is 2.32. The van der Waals surface area contributed by atoms with Gasteiger partial charge in [0.15, 0.2) is 0 Å². The highest BCUT2D eigenvalue weighted by atomic mass is 35.5. The third-order valence-electron chi connectivity index (χ3n) is 7.28. The summed E-state index contributed by atoms with van der Waals surface area (Å²) in [5.74, 6) is 0.827. The number of benzene rings is 3. The molecule has 1 aliphatic heterocycles. The second kappa shape index (κ2) is 11.2. The number of anilines is 2. The van der Waals surface area contributed by atoms with Gasteiger partial charge < -0.3 is 11.1 Å². The lowest BCUT2D eigenvalue weighted by atomic mass is 10.1. The first kappa shape index (κ1) is 27.8. The standard InChI is InChI=1S/C30H28ClN7O3S/c1-19(28-35-25-14-8-13-24(31)26(25)29(39)38(28)21-10-3-2-4-11-21)34-27-23(18-33-30(32)36-27)20-9-7-12-22(17-20)42(40,41)37-15-5-6-16-37/h2-4,7-14,17-19H,5-6,15-16H2,1H3,(H3,32,33,34,36)/t19-/m0/s1. The molecule has 10 nitrogen and oxygen atoms in total. The lowest BCUT2D eigenvalue weighted by molar-refractivity contribution is 0.477. The average molecular weight is 602 g/mol. The number of sulfonamides is 1. The summed E-state index contributed by atoms with van der Waals surface area (Å²) in [5, 5.41) is 3.99. The van der Waals surface area contributed by atoms with E-state index in [1.165, 1.54) is 8.87 Å². The van der Waals surface area contributed by atoms with Gasteiger partial charge in [-0.15, -0.1) is 0 Å². The van der Waals surface area contributed by atoms with E-state index < -0.39 is 16.1 Å². The normalized spacial score (nSPS) is 14.7. The zero-order valence-electron chi connectivity index (χ0n) is 22.7. The third kappa shape index (κ3) is 5.11. The smallest absolute Gasteiger partial charge is 0.267 e. The van der Waals surface area contributed by atoms with Gasteiger partial charge in [0.2, 0.25) is 16.0 Å². The zero-order valence-corrected chi connectivity index (χ0v) is 24.3. The predicted molar refractivity (Wildman–Crippen MR) is 164 cm³/mol. The van der Waals surface area contributed by atoms with Crippen LogP contribution in [-0.4, -0.2) is 45.3 Å². The Hall–Kier alpha value is -4.32. The van der Waals surface area contributed by atoms with Gasteiger partial charge in [0.25, 0.3) is 5.56 Å². The molecule has 1 saturated heterocycles. The summed E-state index contributed by atoms with van der Waals surface area (Å²) < 4.78 is 29.6. The summed E-state index contributed by atoms with van der Waals surface area (Å²) in [4.78, 5) is 27.5. The minimum atomic E-state index is -3.63. The fourth-order valence-corrected chi connectivity index (χ4v) is 7.03. The molecule has 1 aliphatic rings. The molecule has 3 heterocycles. The van der Waals surface area contributed by atoms with Crippen LogP contribution in [0.3, 0.4) is 0 Å². The molecule has 3 aromatic carbocycles. The van der Waals surface area contributed by atoms with E-state index in [0.717, 1.165) is 12.8 Å². The molecule has 0 bridgehead atoms. The third-order valence-corrected chi connectivity index (χ3v) is 9.49. The van der Waals surface area contributed by atoms with Crippen molar-refractivity contribution in [1.82, 2.24) is 23.8 Å². The van der Waals surface area contributed by atoms with Crippen LogP contribution in [0, 0.1) is 0 Å². The monoisotopic (exact) mass is 601 g/mol. The summed E-state index contributed by atoms with van der Waals surface area (Å²) in [5.41, 5.74) is 7.92. The number of fused-ring (bicyclic) bond motifs is 1. The molecule has 0 spiro atoms. The Morgan fingerprint density at radius 1 is 0.976 bits per heavy atom. The number of nitrogens with two attached hydrogens (primary N) is 1. The number of nitrogens with one attached hydrogen (secondary N) is 1. The van der Waals surface area contributed by atoms with E-state index >= 15 is 0 Å². The van der Waals surface area contributed by atoms with E-state index in [1.54, 1.807) is 48.7 Å². The predicted octanol–water partition coefficient (Wildman–Crippen LogP) is 5.04. The van der Waals surface area contributed by atoms with Gasteiger partial charge in [-0.3, -0.25) is 9.36 Å². The van der Waals surface area contributed by atoms with E-state index in [-0.39, 0.29) is 16.4 Å². The molecule has 6 rings (SSSR count). The lowest BCUT2D eigenvalue weighted by Gasteiger charge is -2.22. The van der Waals surface area contributed by atoms with Crippen LogP contribution < -0.4 is 16.6 Å². The molecule has 5 aromatic rings. The van der Waals surface area contributed by atoms with Crippen molar-refractivity contribution < 1.29 is 8.42 Å². The van der Waals surface area contributed by atoms with E-state index in [0.29, 0.717) is 57.5 Å². The van der Waals surface area contributed by atoms with Gasteiger partial charge in [-0.2, -0.15) is 9.29 Å². The van der Waals surface area contributed by atoms with Crippen LogP contribution in [0.15, 0.2) is 88.7 Å². The fraction of sp³-hybridized carbons (Fsp3) is 0.200. The van der Waals surface area contributed by atoms with Gasteiger partial charge in [0, 0.05) is 24.8 Å². The number of nitrogen functional groups attached to an aromatic ring is 1. The molecular formula is C30H28ClN7O3S. The molecule has 0 aliphatic carbocycles. The first-order valence-electron chi connectivity index (χ1n) is 13.5. The molecule has 214 valence electrons. The molecule has 1 atom stereocenters. The maximum Gasteiger partial charge on any atom is 0.267 e. The Bertz CT molecular complexity index is 1960. The first-order valence-corrected chi connectivity index (χ1v) is 15.3. The Morgan fingerprint density at radius 3 is 2.48 bits per heavy atom. The van der Waals surface area contributed by atoms with Crippen LogP contribution in [0.4, 0.5) is 11.8 Å². The van der Waals surface area contributed by atoms with Crippen molar-refractivity contribution in [3.05, 3.63) is 100 Å². The molecule has 3 N–H and O–H groups in total. The quantitative estimate of drug-likeness (QED) is 0.265. The number of hydrogen-bond donors (Lipinski definition) is 2. The Labute approximate surface area is 247 Å². The van der Waals surface area contributed by atoms with Crippen molar-refractivity contribution in [3.8, 4) is 16.8 Å². The molecule has 2 aromatic heterocycles. The molecule has 42 heavy (non-hydrogen) atoms. The van der Waals surface area contributed by atoms with Crippen LogP contribution in [0.2, 0.25) is 5.02 Å². The van der Waals surface area contributed by atoms with E-state index in [9.17, 15) is 13.2 Å². The SMILES string of the molecule is C[C@H](Nc1nc(N)ncc1-c1cccc(S(=O)(=O)N2CCCC2)c1)c1nc2cccc(Cl)c2c(=O)n1-c1ccccc1. The van der Waals surface area contributed by atoms with Crippen LogP contribution in [0.1, 0.15) is 31.6 Å². The van der Waals surface area contributed by atoms with Gasteiger partial charge in [-0.25, -0.2) is 18.4 Å². The fourth-order valence-electron chi connectivity index (χ4n) is 5.21. The average Bonchev–Trinajstić information content (AvgIpc) is 3.54. The largest absolute Gasteiger partial charge is 0.368 e. The second-order valence-corrected chi connectivity index (χ2v) is 12.4. The Morgan fingerprint density at radius 2 is 1.71 bits per heavy atom. The van der Waals surface area contributed by atoms with Gasteiger partial charge in [0.1, 0.15) is 11.6 Å². The van der Waals surface area contributed by atoms with Crippen molar-refractivity contribution in [2.45, 2.75) is 30.7 Å². The summed E-state index contributed by atoms with van der Waals surface area (Å²) >= 11 is 6.43. The molecule has 0 amide bonds. The van der Waals surface area contributed by atoms with Crippen molar-refractivity contribution in [2.75, 3.05) is 24.1 Å². The molecule has 0 unspecified atom stereocenters. The van der Waals surface area contributed by atoms with E-state index in [1.807, 2.05) is 37.3 Å². The van der Waals surface area contributed by atoms with Gasteiger partial charge in [-0.1, -0.05) is 48.0 Å². The molecule has 0 saturated carbocycles. The highest BCUT2D eigenvalue weighted by Gasteiger charge is 2.28. The summed E-state index contributed by atoms with van der Waals surface area (Å²) in [6, 6.07) is 20.5. The van der Waals surface area contributed by atoms with E-state index in [4.69, 9.17) is 22.3 Å². The maximum absolute atomic E-state index is 13.8. The Balaban J connectivity index is 1.44. The van der Waals surface area contributed by atoms with Gasteiger partial charge in [0.05, 0.1) is 32.6 Å². The summed E-state index contributed by atoms with van der Waals surface area (Å²) in [7, 11) is -3.63. The van der Waals surface area contributed by atoms with Gasteiger partial charge >= 0.3 is 0 Å². The highest BCUT2D eigenvalue weighted by molar-refractivity contribution is 7.89. The van der Waals surface area contributed by atoms with Crippen molar-refractivity contribution in [1.29, 1.82) is 0 Å². The summed E-state index contributed by atoms with van der Waals surface area (Å²) in [6.07, 6.45) is 3.25. The summed E-state index contributed by atoms with van der Waals surface area (Å²) in [6.45, 7) is 2.87. The Kier molecular flexibility index (Phi) is 7.40. The second-order valence-electron chi connectivity index (χ2n) is 10.1. The topological polar surface area (TPSA) is 136 Å². The number of aromatic nitrogens is 4. The minimum Gasteiger partial charge on any atom is -0.368 e. The van der Waals surface area contributed by atoms with Crippen LogP contribution >= 0.6 is 11.6 Å². The van der Waals surface area contributed by atoms with Crippen LogP contribution in [0.5, 0.6) is 0 Å². The lowest BCUT2D eigenvalue weighted by Crippen LogP contribution is -2.28. The minimum absolute atomic E-state index is 0.0352. The molecular weight excluding hydrogens is 574 g/mol. The number of para-hydroxylation sites is 1. The zero-order chi connectivity index (χ0) is 29.4. The maximum atomic E-state index is 13.8. The number of rotatable bonds is 7. The molecule has 1 fully saturated rings. The number of nitrogens with zero attached hydrogens (tertiary/aromatic N) is 5. The van der Waals surface area contributed by atoms with Crippen molar-refractivity contribution in [2.24, 2.45) is 0 Å².